The zero-order valence-corrected chi connectivity index (χ0v) is 21.2. The van der Waals surface area contributed by atoms with E-state index >= 15 is 0 Å². The van der Waals surface area contributed by atoms with Gasteiger partial charge in [-0.1, -0.05) is 0 Å². The molecule has 1 saturated heterocycles. The normalized spacial score (nSPS) is 20.5. The number of hydrogen-bond donors (Lipinski definition) is 1. The van der Waals surface area contributed by atoms with Gasteiger partial charge in [-0.15, -0.1) is 0 Å². The van der Waals surface area contributed by atoms with Gasteiger partial charge >= 0.3 is 6.09 Å². The summed E-state index contributed by atoms with van der Waals surface area (Å²) >= 11 is 0. The average Bonchev–Trinajstić information content (AvgIpc) is 3.31. The lowest BCUT2D eigenvalue weighted by atomic mass is 10.0. The maximum atomic E-state index is 12.1. The van der Waals surface area contributed by atoms with Gasteiger partial charge in [0.1, 0.15) is 18.0 Å². The quantitative estimate of drug-likeness (QED) is 0.459. The zero-order chi connectivity index (χ0) is 25.9. The summed E-state index contributed by atoms with van der Waals surface area (Å²) in [5, 5.41) is 21.2. The third kappa shape index (κ3) is 4.27. The van der Waals surface area contributed by atoms with Crippen molar-refractivity contribution in [1.82, 2.24) is 29.7 Å². The number of nitrogens with zero attached hydrogens (tertiary/aromatic N) is 7. The third-order valence-electron chi connectivity index (χ3n) is 6.99. The summed E-state index contributed by atoms with van der Waals surface area (Å²) in [6, 6.07) is 8.35. The number of hydrogen-bond acceptors (Lipinski definition) is 7. The molecule has 2 fully saturated rings. The van der Waals surface area contributed by atoms with Crippen molar-refractivity contribution < 1.29 is 9.53 Å². The molecule has 2 aliphatic rings. The molecule has 188 valence electrons. The van der Waals surface area contributed by atoms with E-state index in [0.29, 0.717) is 17.4 Å². The SMILES string of the molecule is Cn1cc(-c2cc(-c3ccc(N4CC5C(C4)C5OC(=O)NC(C)(C)C)nc3)c3c(C#N)cnn3c2)cn1. The van der Waals surface area contributed by atoms with Gasteiger partial charge in [0.25, 0.3) is 0 Å². The number of anilines is 1. The van der Waals surface area contributed by atoms with Crippen LogP contribution in [0.2, 0.25) is 0 Å². The number of aryl methyl sites for hydroxylation is 1. The molecule has 4 aromatic rings. The Morgan fingerprint density at radius 3 is 2.49 bits per heavy atom. The number of carbonyl (C=O) groups excluding carboxylic acids is 1. The number of nitrogens with one attached hydrogen (secondary N) is 1. The first kappa shape index (κ1) is 23.0. The molecule has 1 saturated carbocycles. The lowest BCUT2D eigenvalue weighted by molar-refractivity contribution is 0.119. The Kier molecular flexibility index (Phi) is 5.19. The van der Waals surface area contributed by atoms with Crippen molar-refractivity contribution in [3.05, 3.63) is 54.7 Å². The molecule has 2 atom stereocenters. The van der Waals surface area contributed by atoms with E-state index in [2.05, 4.69) is 32.5 Å². The van der Waals surface area contributed by atoms with Gasteiger partial charge in [-0.2, -0.15) is 15.5 Å². The van der Waals surface area contributed by atoms with Crippen LogP contribution in [0.15, 0.2) is 49.2 Å². The topological polar surface area (TPSA) is 113 Å². The predicted molar refractivity (Wildman–Crippen MR) is 138 cm³/mol. The summed E-state index contributed by atoms with van der Waals surface area (Å²) in [5.74, 6) is 1.57. The van der Waals surface area contributed by atoms with E-state index in [0.717, 1.165) is 46.7 Å². The third-order valence-corrected chi connectivity index (χ3v) is 6.99. The number of ether oxygens (including phenoxy) is 1. The standard InChI is InChI=1S/C27H28N8O2/c1-27(2,3)32-26(36)37-25-21-14-34(15-22(21)25)23-6-5-16(9-29-23)20-7-17(19-11-30-33(4)12-19)13-35-24(20)18(8-28)10-31-35/h5-7,9-13,21-22,25H,14-15H2,1-4H3,(H,32,36). The second kappa shape index (κ2) is 8.34. The Labute approximate surface area is 214 Å². The smallest absolute Gasteiger partial charge is 0.407 e. The van der Waals surface area contributed by atoms with Crippen LogP contribution in [0.4, 0.5) is 10.6 Å². The van der Waals surface area contributed by atoms with E-state index in [1.54, 1.807) is 15.4 Å². The molecule has 1 N–H and O–H groups in total. The maximum absolute atomic E-state index is 12.1. The molecule has 5 heterocycles. The van der Waals surface area contributed by atoms with Gasteiger partial charge in [-0.3, -0.25) is 4.68 Å². The number of pyridine rings is 2. The van der Waals surface area contributed by atoms with Crippen molar-refractivity contribution in [3.63, 3.8) is 0 Å². The summed E-state index contributed by atoms with van der Waals surface area (Å²) in [6.45, 7) is 7.44. The first-order valence-electron chi connectivity index (χ1n) is 12.3. The van der Waals surface area contributed by atoms with Crippen LogP contribution in [-0.4, -0.2) is 55.2 Å². The number of aromatic nitrogens is 5. The molecule has 0 aromatic carbocycles. The second-order valence-electron chi connectivity index (χ2n) is 10.9. The maximum Gasteiger partial charge on any atom is 0.407 e. The number of fused-ring (bicyclic) bond motifs is 2. The van der Waals surface area contributed by atoms with Gasteiger partial charge in [0, 0.05) is 78.4 Å². The fraction of sp³-hybridized carbons (Fsp3) is 0.370. The fourth-order valence-electron chi connectivity index (χ4n) is 5.18. The van der Waals surface area contributed by atoms with Crippen molar-refractivity contribution in [2.75, 3.05) is 18.0 Å². The van der Waals surface area contributed by atoms with Gasteiger partial charge < -0.3 is 15.0 Å². The molecule has 10 heteroatoms. The highest BCUT2D eigenvalue weighted by molar-refractivity contribution is 5.87. The molecule has 0 radical (unpaired) electrons. The number of rotatable bonds is 4. The Hall–Kier alpha value is -4.39. The molecular weight excluding hydrogens is 468 g/mol. The molecular formula is C27H28N8O2. The molecule has 0 bridgehead atoms. The van der Waals surface area contributed by atoms with Gasteiger partial charge in [0.05, 0.1) is 23.5 Å². The van der Waals surface area contributed by atoms with E-state index in [9.17, 15) is 10.1 Å². The second-order valence-corrected chi connectivity index (χ2v) is 10.9. The van der Waals surface area contributed by atoms with Crippen LogP contribution in [0.5, 0.6) is 0 Å². The van der Waals surface area contributed by atoms with Crippen LogP contribution in [0.3, 0.4) is 0 Å². The van der Waals surface area contributed by atoms with Gasteiger partial charge in [-0.05, 0) is 39.0 Å². The van der Waals surface area contributed by atoms with Crippen LogP contribution in [-0.2, 0) is 11.8 Å². The summed E-state index contributed by atoms with van der Waals surface area (Å²) in [6.07, 6.45) is 8.73. The van der Waals surface area contributed by atoms with Gasteiger partial charge in [0.15, 0.2) is 0 Å². The van der Waals surface area contributed by atoms with Crippen LogP contribution >= 0.6 is 0 Å². The first-order valence-corrected chi connectivity index (χ1v) is 12.3. The summed E-state index contributed by atoms with van der Waals surface area (Å²) in [4.78, 5) is 19.1. The van der Waals surface area contributed by atoms with Crippen molar-refractivity contribution in [2.24, 2.45) is 18.9 Å². The van der Waals surface area contributed by atoms with Crippen molar-refractivity contribution in [1.29, 1.82) is 5.26 Å². The molecule has 6 rings (SSSR count). The van der Waals surface area contributed by atoms with E-state index < -0.39 is 0 Å². The summed E-state index contributed by atoms with van der Waals surface area (Å²) in [5.41, 5.74) is 4.66. The minimum atomic E-state index is -0.350. The lowest BCUT2D eigenvalue weighted by Gasteiger charge is -2.23. The molecule has 4 aromatic heterocycles. The Morgan fingerprint density at radius 1 is 1.08 bits per heavy atom. The molecule has 1 aliphatic carbocycles. The number of nitriles is 1. The lowest BCUT2D eigenvalue weighted by Crippen LogP contribution is -2.42. The zero-order valence-electron chi connectivity index (χ0n) is 21.2. The predicted octanol–water partition coefficient (Wildman–Crippen LogP) is 3.63. The monoisotopic (exact) mass is 496 g/mol. The first-order chi connectivity index (χ1) is 17.7. The van der Waals surface area contributed by atoms with Gasteiger partial charge in [0.2, 0.25) is 0 Å². The fourth-order valence-corrected chi connectivity index (χ4v) is 5.18. The molecule has 0 spiro atoms. The van der Waals surface area contributed by atoms with Gasteiger partial charge in [-0.25, -0.2) is 14.3 Å². The molecule has 2 unspecified atom stereocenters. The number of piperidine rings is 1. The molecule has 1 amide bonds. The molecule has 37 heavy (non-hydrogen) atoms. The minimum Gasteiger partial charge on any atom is -0.445 e. The number of amides is 1. The summed E-state index contributed by atoms with van der Waals surface area (Å²) in [7, 11) is 1.88. The van der Waals surface area contributed by atoms with Crippen LogP contribution < -0.4 is 10.2 Å². The number of carbonyl (C=O) groups is 1. The average molecular weight is 497 g/mol. The van der Waals surface area contributed by atoms with Crippen molar-refractivity contribution in [2.45, 2.75) is 32.4 Å². The van der Waals surface area contributed by atoms with Crippen LogP contribution in [0.25, 0.3) is 27.8 Å². The largest absolute Gasteiger partial charge is 0.445 e. The van der Waals surface area contributed by atoms with Crippen LogP contribution in [0.1, 0.15) is 26.3 Å². The highest BCUT2D eigenvalue weighted by Crippen LogP contribution is 2.48. The highest BCUT2D eigenvalue weighted by Gasteiger charge is 2.59. The molecule has 10 nitrogen and oxygen atoms in total. The Balaban J connectivity index is 1.21. The minimum absolute atomic E-state index is 0.0207. The Bertz CT molecular complexity index is 1530. The van der Waals surface area contributed by atoms with E-state index in [1.807, 2.05) is 64.7 Å². The van der Waals surface area contributed by atoms with Crippen molar-refractivity contribution >= 4 is 17.4 Å². The molecule has 1 aliphatic heterocycles. The highest BCUT2D eigenvalue weighted by atomic mass is 16.6. The van der Waals surface area contributed by atoms with E-state index in [-0.39, 0.29) is 17.7 Å². The summed E-state index contributed by atoms with van der Waals surface area (Å²) < 4.78 is 9.13. The van der Waals surface area contributed by atoms with Crippen molar-refractivity contribution in [3.8, 4) is 28.3 Å². The van der Waals surface area contributed by atoms with E-state index in [1.165, 1.54) is 0 Å². The Morgan fingerprint density at radius 2 is 1.86 bits per heavy atom. The number of alkyl carbamates (subject to hydrolysis) is 1. The van der Waals surface area contributed by atoms with Crippen LogP contribution in [0, 0.1) is 23.2 Å². The van der Waals surface area contributed by atoms with E-state index in [4.69, 9.17) is 9.72 Å².